The Balaban J connectivity index is 1.66. The van der Waals surface area contributed by atoms with Crippen molar-refractivity contribution in [1.82, 2.24) is 0 Å². The lowest BCUT2D eigenvalue weighted by Gasteiger charge is -2.32. The fourth-order valence-electron chi connectivity index (χ4n) is 3.07. The highest BCUT2D eigenvalue weighted by molar-refractivity contribution is 5.21. The molecule has 3 nitrogen and oxygen atoms in total. The number of ether oxygens (including phenoxy) is 1. The first-order valence-corrected chi connectivity index (χ1v) is 7.45. The van der Waals surface area contributed by atoms with Gasteiger partial charge in [-0.2, -0.15) is 5.26 Å². The van der Waals surface area contributed by atoms with Crippen LogP contribution in [0.15, 0.2) is 53.1 Å². The van der Waals surface area contributed by atoms with Gasteiger partial charge in [-0.25, -0.2) is 0 Å². The van der Waals surface area contributed by atoms with E-state index < -0.39 is 0 Å². The van der Waals surface area contributed by atoms with Crippen molar-refractivity contribution in [3.05, 3.63) is 60.1 Å². The van der Waals surface area contributed by atoms with Crippen molar-refractivity contribution in [1.29, 1.82) is 5.26 Å². The zero-order valence-corrected chi connectivity index (χ0v) is 11.9. The van der Waals surface area contributed by atoms with Crippen LogP contribution in [-0.2, 0) is 11.3 Å². The molecule has 3 unspecified atom stereocenters. The molecule has 0 bridgehead atoms. The standard InChI is InChI=1S/C18H19NO2/c19-12-16-9-8-15(14-5-2-1-3-6-14)11-18(16)21-13-17-7-4-10-20-17/h1-7,10,15-16,18H,8-9,11,13H2. The van der Waals surface area contributed by atoms with Gasteiger partial charge in [0.05, 0.1) is 24.4 Å². The highest BCUT2D eigenvalue weighted by atomic mass is 16.5. The van der Waals surface area contributed by atoms with Gasteiger partial charge in [-0.15, -0.1) is 0 Å². The van der Waals surface area contributed by atoms with Crippen molar-refractivity contribution < 1.29 is 9.15 Å². The van der Waals surface area contributed by atoms with Crippen LogP contribution in [0.4, 0.5) is 0 Å². The summed E-state index contributed by atoms with van der Waals surface area (Å²) in [5.74, 6) is 1.28. The van der Waals surface area contributed by atoms with E-state index in [1.165, 1.54) is 5.56 Å². The van der Waals surface area contributed by atoms with E-state index in [1.807, 2.05) is 18.2 Å². The smallest absolute Gasteiger partial charge is 0.129 e. The molecule has 3 heteroatoms. The number of furan rings is 1. The van der Waals surface area contributed by atoms with Gasteiger partial charge in [0.1, 0.15) is 12.4 Å². The van der Waals surface area contributed by atoms with Crippen LogP contribution in [0.25, 0.3) is 0 Å². The third-order valence-electron chi connectivity index (χ3n) is 4.25. The second-order valence-corrected chi connectivity index (χ2v) is 5.59. The van der Waals surface area contributed by atoms with Crippen molar-refractivity contribution >= 4 is 0 Å². The molecule has 3 rings (SSSR count). The summed E-state index contributed by atoms with van der Waals surface area (Å²) in [4.78, 5) is 0. The molecule has 0 amide bonds. The van der Waals surface area contributed by atoms with Gasteiger partial charge < -0.3 is 9.15 Å². The molecule has 1 aliphatic carbocycles. The van der Waals surface area contributed by atoms with Crippen LogP contribution in [0.3, 0.4) is 0 Å². The lowest BCUT2D eigenvalue weighted by atomic mass is 9.77. The summed E-state index contributed by atoms with van der Waals surface area (Å²) in [6, 6.07) is 16.7. The highest BCUT2D eigenvalue weighted by Crippen LogP contribution is 2.37. The van der Waals surface area contributed by atoms with Crippen LogP contribution in [0.5, 0.6) is 0 Å². The first-order valence-electron chi connectivity index (χ1n) is 7.45. The lowest BCUT2D eigenvalue weighted by Crippen LogP contribution is -2.30. The molecule has 1 aromatic heterocycles. The van der Waals surface area contributed by atoms with Crippen molar-refractivity contribution in [2.75, 3.05) is 0 Å². The van der Waals surface area contributed by atoms with Crippen molar-refractivity contribution in [2.45, 2.75) is 37.9 Å². The van der Waals surface area contributed by atoms with E-state index in [2.05, 4.69) is 30.3 Å². The van der Waals surface area contributed by atoms with Gasteiger partial charge in [0.2, 0.25) is 0 Å². The van der Waals surface area contributed by atoms with E-state index >= 15 is 0 Å². The van der Waals surface area contributed by atoms with Gasteiger partial charge >= 0.3 is 0 Å². The van der Waals surface area contributed by atoms with Gasteiger partial charge in [0, 0.05) is 0 Å². The number of hydrogen-bond acceptors (Lipinski definition) is 3. The Hall–Kier alpha value is -2.05. The molecule has 2 aromatic rings. The minimum atomic E-state index is -0.0148. The molecule has 0 aliphatic heterocycles. The topological polar surface area (TPSA) is 46.2 Å². The third-order valence-corrected chi connectivity index (χ3v) is 4.25. The average molecular weight is 281 g/mol. The zero-order chi connectivity index (χ0) is 14.5. The Morgan fingerprint density at radius 2 is 2.00 bits per heavy atom. The molecule has 0 spiro atoms. The lowest BCUT2D eigenvalue weighted by molar-refractivity contribution is -0.0171. The normalized spacial score (nSPS) is 25.4. The summed E-state index contributed by atoms with van der Waals surface area (Å²) >= 11 is 0. The fourth-order valence-corrected chi connectivity index (χ4v) is 3.07. The fraction of sp³-hybridized carbons (Fsp3) is 0.389. The minimum absolute atomic E-state index is 0.0140. The highest BCUT2D eigenvalue weighted by Gasteiger charge is 2.32. The monoisotopic (exact) mass is 281 g/mol. The predicted molar refractivity (Wildman–Crippen MR) is 79.4 cm³/mol. The van der Waals surface area contributed by atoms with Crippen LogP contribution < -0.4 is 0 Å². The summed E-state index contributed by atoms with van der Waals surface area (Å²) in [7, 11) is 0. The SMILES string of the molecule is N#CC1CCC(c2ccccc2)CC1OCc1ccco1. The number of hydrogen-bond donors (Lipinski definition) is 0. The summed E-state index contributed by atoms with van der Waals surface area (Å²) in [6.07, 6.45) is 4.50. The molecule has 1 aliphatic rings. The second-order valence-electron chi connectivity index (χ2n) is 5.59. The number of nitrogens with zero attached hydrogens (tertiary/aromatic N) is 1. The van der Waals surface area contributed by atoms with E-state index in [-0.39, 0.29) is 12.0 Å². The first-order chi connectivity index (χ1) is 10.4. The van der Waals surface area contributed by atoms with Gasteiger partial charge in [-0.1, -0.05) is 30.3 Å². The van der Waals surface area contributed by atoms with Gasteiger partial charge in [0.25, 0.3) is 0 Å². The second kappa shape index (κ2) is 6.60. The third kappa shape index (κ3) is 3.34. The number of benzene rings is 1. The summed E-state index contributed by atoms with van der Waals surface area (Å²) < 4.78 is 11.3. The van der Waals surface area contributed by atoms with Crippen molar-refractivity contribution in [3.8, 4) is 6.07 Å². The van der Waals surface area contributed by atoms with E-state index in [4.69, 9.17) is 9.15 Å². The molecule has 1 aromatic carbocycles. The molecular formula is C18H19NO2. The van der Waals surface area contributed by atoms with Crippen LogP contribution in [-0.4, -0.2) is 6.10 Å². The van der Waals surface area contributed by atoms with Gasteiger partial charge in [0.15, 0.2) is 0 Å². The van der Waals surface area contributed by atoms with E-state index in [0.29, 0.717) is 12.5 Å². The zero-order valence-electron chi connectivity index (χ0n) is 11.9. The largest absolute Gasteiger partial charge is 0.467 e. The quantitative estimate of drug-likeness (QED) is 0.840. The molecule has 1 saturated carbocycles. The van der Waals surface area contributed by atoms with Crippen LogP contribution in [0.2, 0.25) is 0 Å². The van der Waals surface area contributed by atoms with Gasteiger partial charge in [-0.3, -0.25) is 0 Å². The maximum Gasteiger partial charge on any atom is 0.129 e. The molecule has 1 fully saturated rings. The molecule has 21 heavy (non-hydrogen) atoms. The van der Waals surface area contributed by atoms with Crippen molar-refractivity contribution in [2.24, 2.45) is 5.92 Å². The Bertz CT molecular complexity index is 585. The molecular weight excluding hydrogens is 262 g/mol. The first kappa shape index (κ1) is 13.9. The Labute approximate surface area is 125 Å². The number of rotatable bonds is 4. The molecule has 0 radical (unpaired) electrons. The van der Waals surface area contributed by atoms with E-state index in [1.54, 1.807) is 6.26 Å². The summed E-state index contributed by atoms with van der Waals surface area (Å²) in [5, 5.41) is 9.32. The van der Waals surface area contributed by atoms with Crippen LogP contribution in [0, 0.1) is 17.2 Å². The molecule has 0 N–H and O–H groups in total. The Kier molecular flexibility index (Phi) is 4.37. The van der Waals surface area contributed by atoms with Crippen molar-refractivity contribution in [3.63, 3.8) is 0 Å². The summed E-state index contributed by atoms with van der Waals surface area (Å²) in [5.41, 5.74) is 1.35. The van der Waals surface area contributed by atoms with Crippen LogP contribution in [0.1, 0.15) is 36.5 Å². The van der Waals surface area contributed by atoms with E-state index in [9.17, 15) is 5.26 Å². The summed E-state index contributed by atoms with van der Waals surface area (Å²) in [6.45, 7) is 0.442. The molecule has 108 valence electrons. The maximum absolute atomic E-state index is 9.32. The van der Waals surface area contributed by atoms with Gasteiger partial charge in [-0.05, 0) is 42.9 Å². The number of nitriles is 1. The predicted octanol–water partition coefficient (Wildman–Crippen LogP) is 4.27. The maximum atomic E-state index is 9.32. The molecule has 0 saturated heterocycles. The Morgan fingerprint density at radius 3 is 2.71 bits per heavy atom. The van der Waals surface area contributed by atoms with Crippen LogP contribution >= 0.6 is 0 Å². The molecule has 1 heterocycles. The average Bonchev–Trinajstić information content (AvgIpc) is 3.07. The minimum Gasteiger partial charge on any atom is -0.467 e. The van der Waals surface area contributed by atoms with E-state index in [0.717, 1.165) is 25.0 Å². The Morgan fingerprint density at radius 1 is 1.14 bits per heavy atom. The molecule has 3 atom stereocenters.